The number of aryl methyl sites for hydroxylation is 1. The van der Waals surface area contributed by atoms with E-state index in [1.54, 1.807) is 12.1 Å². The van der Waals surface area contributed by atoms with Crippen LogP contribution in [0.4, 0.5) is 17.6 Å². The van der Waals surface area contributed by atoms with Gasteiger partial charge in [0.05, 0.1) is 17.1 Å². The number of halogens is 4. The van der Waals surface area contributed by atoms with Crippen LogP contribution >= 0.6 is 0 Å². The molecule has 3 aromatic carbocycles. The molecule has 8 heteroatoms. The van der Waals surface area contributed by atoms with Crippen LogP contribution in [0.2, 0.25) is 0 Å². The van der Waals surface area contributed by atoms with Crippen molar-refractivity contribution >= 4 is 5.78 Å². The number of aromatic amines is 1. The number of nitrogens with one attached hydrogen (secondary N) is 1. The van der Waals surface area contributed by atoms with Crippen LogP contribution in [0.25, 0.3) is 39.5 Å². The number of rotatable bonds is 3. The number of benzene rings is 3. The van der Waals surface area contributed by atoms with Gasteiger partial charge >= 0.3 is 0 Å². The Kier molecular flexibility index (Phi) is 4.85. The fourth-order valence-corrected chi connectivity index (χ4v) is 3.76. The maximum absolute atomic E-state index is 14.8. The molecule has 2 aromatic heterocycles. The molecule has 0 fully saturated rings. The molecule has 0 radical (unpaired) electrons. The van der Waals surface area contributed by atoms with Gasteiger partial charge in [-0.05, 0) is 31.2 Å². The van der Waals surface area contributed by atoms with Crippen molar-refractivity contribution in [3.63, 3.8) is 0 Å². The van der Waals surface area contributed by atoms with Gasteiger partial charge in [0, 0.05) is 34.9 Å². The lowest BCUT2D eigenvalue weighted by atomic mass is 10.0. The van der Waals surface area contributed by atoms with E-state index in [4.69, 9.17) is 0 Å². The molecule has 0 atom stereocenters. The van der Waals surface area contributed by atoms with E-state index in [0.717, 1.165) is 34.2 Å². The van der Waals surface area contributed by atoms with Gasteiger partial charge in [0.15, 0.2) is 0 Å². The average molecular weight is 449 g/mol. The summed E-state index contributed by atoms with van der Waals surface area (Å²) in [6.45, 7) is 1.90. The normalized spacial score (nSPS) is 11.3. The standard InChI is InChI=1S/C25H15F4N3O/c1-13-2-4-14(5-3-13)23-24(18-9-7-16(27)11-20(18)29)32-22(33)12-21(30-25(32)31-23)17-8-6-15(26)10-19(17)28/h2-12H,1H3,(H,30,31). The zero-order valence-corrected chi connectivity index (χ0v) is 17.2. The summed E-state index contributed by atoms with van der Waals surface area (Å²) in [5, 5.41) is 0. The molecule has 1 N–H and O–H groups in total. The summed E-state index contributed by atoms with van der Waals surface area (Å²) in [5.74, 6) is -3.21. The van der Waals surface area contributed by atoms with Crippen LogP contribution in [0, 0.1) is 30.2 Å². The number of hydrogen-bond donors (Lipinski definition) is 1. The first-order valence-corrected chi connectivity index (χ1v) is 9.95. The highest BCUT2D eigenvalue weighted by atomic mass is 19.1. The van der Waals surface area contributed by atoms with Crippen LogP contribution < -0.4 is 5.56 Å². The molecule has 0 spiro atoms. The van der Waals surface area contributed by atoms with Gasteiger partial charge in [0.1, 0.15) is 23.3 Å². The highest BCUT2D eigenvalue weighted by molar-refractivity contribution is 5.82. The van der Waals surface area contributed by atoms with Gasteiger partial charge in [0.25, 0.3) is 5.56 Å². The molecule has 0 bridgehead atoms. The Morgan fingerprint density at radius 2 is 1.39 bits per heavy atom. The molecule has 4 nitrogen and oxygen atoms in total. The minimum Gasteiger partial charge on any atom is -0.324 e. The Bertz CT molecular complexity index is 1590. The minimum absolute atomic E-state index is 0.0225. The van der Waals surface area contributed by atoms with Crippen LogP contribution in [0.5, 0.6) is 0 Å². The first kappa shape index (κ1) is 20.7. The molecule has 0 aliphatic carbocycles. The molecule has 2 heterocycles. The van der Waals surface area contributed by atoms with Crippen molar-refractivity contribution in [2.24, 2.45) is 0 Å². The molecule has 0 amide bonds. The quantitative estimate of drug-likeness (QED) is 0.349. The number of aromatic nitrogens is 3. The predicted octanol–water partition coefficient (Wildman–Crippen LogP) is 5.89. The Morgan fingerprint density at radius 3 is 2.00 bits per heavy atom. The van der Waals surface area contributed by atoms with Gasteiger partial charge in [0.2, 0.25) is 5.78 Å². The summed E-state index contributed by atoms with van der Waals surface area (Å²) in [7, 11) is 0. The lowest BCUT2D eigenvalue weighted by Gasteiger charge is -2.08. The van der Waals surface area contributed by atoms with E-state index in [0.29, 0.717) is 11.6 Å². The first-order valence-electron chi connectivity index (χ1n) is 9.95. The van der Waals surface area contributed by atoms with Gasteiger partial charge in [-0.15, -0.1) is 0 Å². The lowest BCUT2D eigenvalue weighted by molar-refractivity contribution is 0.584. The smallest absolute Gasteiger partial charge is 0.260 e. The molecule has 0 unspecified atom stereocenters. The van der Waals surface area contributed by atoms with Crippen LogP contribution in [-0.2, 0) is 0 Å². The zero-order chi connectivity index (χ0) is 23.3. The largest absolute Gasteiger partial charge is 0.324 e. The van der Waals surface area contributed by atoms with E-state index in [1.807, 2.05) is 19.1 Å². The van der Waals surface area contributed by atoms with Crippen molar-refractivity contribution in [2.45, 2.75) is 6.92 Å². The number of fused-ring (bicyclic) bond motifs is 1. The number of H-pyrrole nitrogens is 1. The van der Waals surface area contributed by atoms with Gasteiger partial charge in [-0.3, -0.25) is 4.79 Å². The maximum atomic E-state index is 14.8. The summed E-state index contributed by atoms with van der Waals surface area (Å²) >= 11 is 0. The van der Waals surface area contributed by atoms with Crippen molar-refractivity contribution in [1.82, 2.24) is 14.4 Å². The second kappa shape index (κ2) is 7.74. The topological polar surface area (TPSA) is 50.2 Å². The van der Waals surface area contributed by atoms with Crippen molar-refractivity contribution < 1.29 is 17.6 Å². The average Bonchev–Trinajstić information content (AvgIpc) is 3.14. The minimum atomic E-state index is -0.863. The highest BCUT2D eigenvalue weighted by Gasteiger charge is 2.22. The Morgan fingerprint density at radius 1 is 0.788 bits per heavy atom. The molecule has 0 saturated carbocycles. The van der Waals surface area contributed by atoms with E-state index in [-0.39, 0.29) is 34.0 Å². The molecule has 0 aliphatic heterocycles. The summed E-state index contributed by atoms with van der Waals surface area (Å²) in [4.78, 5) is 20.5. The van der Waals surface area contributed by atoms with Crippen LogP contribution in [0.15, 0.2) is 71.5 Å². The molecule has 164 valence electrons. The Labute approximate surface area is 184 Å². The van der Waals surface area contributed by atoms with Gasteiger partial charge in [-0.2, -0.15) is 0 Å². The fourth-order valence-electron chi connectivity index (χ4n) is 3.76. The molecule has 5 aromatic rings. The van der Waals surface area contributed by atoms with Crippen molar-refractivity contribution in [3.8, 4) is 33.8 Å². The lowest BCUT2D eigenvalue weighted by Crippen LogP contribution is -2.15. The number of nitrogens with zero attached hydrogens (tertiary/aromatic N) is 2. The molecule has 5 rings (SSSR count). The van der Waals surface area contributed by atoms with E-state index in [2.05, 4.69) is 9.97 Å². The summed E-state index contributed by atoms with van der Waals surface area (Å²) < 4.78 is 57.2. The molecular weight excluding hydrogens is 434 g/mol. The summed E-state index contributed by atoms with van der Waals surface area (Å²) in [6, 6.07) is 14.4. The van der Waals surface area contributed by atoms with Crippen LogP contribution in [-0.4, -0.2) is 14.4 Å². The fraction of sp³-hybridized carbons (Fsp3) is 0.0400. The van der Waals surface area contributed by atoms with Gasteiger partial charge in [-0.25, -0.2) is 26.9 Å². The van der Waals surface area contributed by atoms with Crippen LogP contribution in [0.3, 0.4) is 0 Å². The van der Waals surface area contributed by atoms with Crippen molar-refractivity contribution in [1.29, 1.82) is 0 Å². The number of imidazole rings is 1. The van der Waals surface area contributed by atoms with Crippen molar-refractivity contribution in [3.05, 3.63) is 106 Å². The third kappa shape index (κ3) is 3.59. The van der Waals surface area contributed by atoms with Gasteiger partial charge in [-0.1, -0.05) is 29.8 Å². The maximum Gasteiger partial charge on any atom is 0.260 e. The first-order chi connectivity index (χ1) is 15.8. The molecule has 33 heavy (non-hydrogen) atoms. The SMILES string of the molecule is Cc1ccc(-c2nc3[nH]c(-c4ccc(F)cc4F)cc(=O)n3c2-c2ccc(F)cc2F)cc1. The summed E-state index contributed by atoms with van der Waals surface area (Å²) in [6.07, 6.45) is 0. The van der Waals surface area contributed by atoms with Crippen molar-refractivity contribution in [2.75, 3.05) is 0 Å². The Balaban J connectivity index is 1.83. The zero-order valence-electron chi connectivity index (χ0n) is 17.2. The molecule has 0 saturated heterocycles. The Hall–Kier alpha value is -4.20. The second-order valence-corrected chi connectivity index (χ2v) is 7.60. The van der Waals surface area contributed by atoms with E-state index in [9.17, 15) is 22.4 Å². The summed E-state index contributed by atoms with van der Waals surface area (Å²) in [5.41, 5.74) is 1.41. The van der Waals surface area contributed by atoms with Crippen LogP contribution in [0.1, 0.15) is 5.56 Å². The van der Waals surface area contributed by atoms with E-state index >= 15 is 0 Å². The monoisotopic (exact) mass is 449 g/mol. The third-order valence-electron chi connectivity index (χ3n) is 5.34. The van der Waals surface area contributed by atoms with E-state index in [1.165, 1.54) is 12.1 Å². The highest BCUT2D eigenvalue weighted by Crippen LogP contribution is 2.34. The van der Waals surface area contributed by atoms with Gasteiger partial charge < -0.3 is 4.98 Å². The predicted molar refractivity (Wildman–Crippen MR) is 117 cm³/mol. The molecular formula is C25H15F4N3O. The number of hydrogen-bond acceptors (Lipinski definition) is 2. The second-order valence-electron chi connectivity index (χ2n) is 7.60. The van der Waals surface area contributed by atoms with E-state index < -0.39 is 28.8 Å². The molecule has 0 aliphatic rings. The third-order valence-corrected chi connectivity index (χ3v) is 5.34.